The molecule has 0 aliphatic carbocycles. The van der Waals surface area contributed by atoms with Crippen LogP contribution in [0.1, 0.15) is 19.8 Å². The summed E-state index contributed by atoms with van der Waals surface area (Å²) in [5, 5.41) is 0. The lowest BCUT2D eigenvalue weighted by Crippen LogP contribution is -2.50. The molecule has 1 saturated heterocycles. The first-order valence-electron chi connectivity index (χ1n) is 7.06. The predicted molar refractivity (Wildman–Crippen MR) is 79.8 cm³/mol. The molecule has 0 spiro atoms. The molecule has 0 saturated carbocycles. The van der Waals surface area contributed by atoms with Crippen molar-refractivity contribution in [1.82, 2.24) is 9.80 Å². The Morgan fingerprint density at radius 1 is 1.42 bits per heavy atom. The maximum Gasteiger partial charge on any atom is 0.237 e. The molecule has 19 heavy (non-hydrogen) atoms. The Morgan fingerprint density at radius 2 is 2.05 bits per heavy atom. The van der Waals surface area contributed by atoms with Crippen LogP contribution in [-0.4, -0.2) is 54.5 Å². The molecule has 4 nitrogen and oxygen atoms in total. The lowest BCUT2D eigenvalue weighted by atomic mass is 9.92. The highest BCUT2D eigenvalue weighted by molar-refractivity contribution is 5.78. The van der Waals surface area contributed by atoms with Crippen LogP contribution in [0.5, 0.6) is 0 Å². The van der Waals surface area contributed by atoms with Crippen LogP contribution in [0.2, 0.25) is 0 Å². The van der Waals surface area contributed by atoms with Gasteiger partial charge in [0.2, 0.25) is 5.91 Å². The molecule has 108 valence electrons. The van der Waals surface area contributed by atoms with Gasteiger partial charge in [0.1, 0.15) is 0 Å². The quantitative estimate of drug-likeness (QED) is 0.705. The number of hydrogen-bond donors (Lipinski definition) is 1. The average Bonchev–Trinajstić information content (AvgIpc) is 2.40. The largest absolute Gasteiger partial charge is 0.334 e. The van der Waals surface area contributed by atoms with Crippen LogP contribution in [0.15, 0.2) is 25.3 Å². The predicted octanol–water partition coefficient (Wildman–Crippen LogP) is 1.25. The second-order valence-corrected chi connectivity index (χ2v) is 5.37. The van der Waals surface area contributed by atoms with Crippen molar-refractivity contribution in [3.63, 3.8) is 0 Å². The fraction of sp³-hybridized carbons (Fsp3) is 0.667. The van der Waals surface area contributed by atoms with Gasteiger partial charge >= 0.3 is 0 Å². The number of piperidine rings is 1. The molecular weight excluding hydrogens is 238 g/mol. The van der Waals surface area contributed by atoms with Gasteiger partial charge in [-0.3, -0.25) is 9.69 Å². The van der Waals surface area contributed by atoms with Gasteiger partial charge in [-0.2, -0.15) is 0 Å². The maximum atomic E-state index is 12.3. The molecular formula is C15H27N3O. The number of likely N-dealkylation sites (tertiary alicyclic amines) is 1. The van der Waals surface area contributed by atoms with Crippen molar-refractivity contribution in [3.8, 4) is 0 Å². The number of carbonyl (C=O) groups is 1. The Morgan fingerprint density at radius 3 is 2.58 bits per heavy atom. The lowest BCUT2D eigenvalue weighted by molar-refractivity contribution is -0.132. The van der Waals surface area contributed by atoms with Crippen molar-refractivity contribution < 1.29 is 4.79 Å². The summed E-state index contributed by atoms with van der Waals surface area (Å²) in [6.45, 7) is 12.8. The minimum absolute atomic E-state index is 0.132. The molecule has 1 aliphatic rings. The topological polar surface area (TPSA) is 49.6 Å². The van der Waals surface area contributed by atoms with Crippen LogP contribution in [0.25, 0.3) is 0 Å². The zero-order valence-electron chi connectivity index (χ0n) is 12.1. The van der Waals surface area contributed by atoms with E-state index in [9.17, 15) is 4.79 Å². The van der Waals surface area contributed by atoms with E-state index in [0.717, 1.165) is 19.4 Å². The van der Waals surface area contributed by atoms with E-state index < -0.39 is 0 Å². The van der Waals surface area contributed by atoms with Gasteiger partial charge < -0.3 is 10.6 Å². The van der Waals surface area contributed by atoms with Gasteiger partial charge in [0.25, 0.3) is 0 Å². The maximum absolute atomic E-state index is 12.3. The first kappa shape index (κ1) is 15.9. The van der Waals surface area contributed by atoms with Crippen LogP contribution < -0.4 is 5.73 Å². The Bertz CT molecular complexity index is 307. The Labute approximate surface area is 116 Å². The third-order valence-corrected chi connectivity index (χ3v) is 3.76. The number of nitrogens with two attached hydrogens (primary N) is 1. The summed E-state index contributed by atoms with van der Waals surface area (Å²) in [6, 6.07) is 0.335. The fourth-order valence-electron chi connectivity index (χ4n) is 2.62. The second-order valence-electron chi connectivity index (χ2n) is 5.37. The van der Waals surface area contributed by atoms with E-state index in [0.29, 0.717) is 38.1 Å². The van der Waals surface area contributed by atoms with Gasteiger partial charge in [-0.05, 0) is 25.3 Å². The Balaban J connectivity index is 2.57. The highest BCUT2D eigenvalue weighted by atomic mass is 16.2. The molecule has 1 amide bonds. The highest BCUT2D eigenvalue weighted by Crippen LogP contribution is 2.21. The number of rotatable bonds is 7. The fourth-order valence-corrected chi connectivity index (χ4v) is 2.62. The zero-order chi connectivity index (χ0) is 14.3. The van der Waals surface area contributed by atoms with Crippen molar-refractivity contribution in [3.05, 3.63) is 25.3 Å². The average molecular weight is 265 g/mol. The van der Waals surface area contributed by atoms with Crippen molar-refractivity contribution >= 4 is 5.91 Å². The molecule has 0 aromatic heterocycles. The number of amides is 1. The lowest BCUT2D eigenvalue weighted by Gasteiger charge is -2.38. The molecule has 1 rings (SSSR count). The molecule has 0 bridgehead atoms. The van der Waals surface area contributed by atoms with Crippen LogP contribution in [-0.2, 0) is 4.79 Å². The summed E-state index contributed by atoms with van der Waals surface area (Å²) in [6.07, 6.45) is 5.74. The Hall–Kier alpha value is -1.13. The van der Waals surface area contributed by atoms with Crippen LogP contribution >= 0.6 is 0 Å². The van der Waals surface area contributed by atoms with E-state index in [2.05, 4.69) is 25.0 Å². The molecule has 0 radical (unpaired) electrons. The third-order valence-electron chi connectivity index (χ3n) is 3.76. The van der Waals surface area contributed by atoms with E-state index in [4.69, 9.17) is 5.73 Å². The van der Waals surface area contributed by atoms with Gasteiger partial charge in [0.15, 0.2) is 0 Å². The van der Waals surface area contributed by atoms with Crippen LogP contribution in [0, 0.1) is 5.92 Å². The van der Waals surface area contributed by atoms with Gasteiger partial charge in [-0.1, -0.05) is 19.1 Å². The van der Waals surface area contributed by atoms with E-state index in [1.807, 2.05) is 0 Å². The molecule has 2 atom stereocenters. The molecule has 0 aromatic rings. The molecule has 4 heteroatoms. The molecule has 1 aliphatic heterocycles. The van der Waals surface area contributed by atoms with Crippen molar-refractivity contribution in [2.75, 3.05) is 32.7 Å². The van der Waals surface area contributed by atoms with Gasteiger partial charge in [0, 0.05) is 25.7 Å². The standard InChI is InChI=1S/C15H27N3O/c1-4-7-17(8-5-2)15(19)12-18-9-6-13(3)10-14(18)11-16/h4-5,13-14H,1-2,6-12,16H2,3H3. The number of carbonyl (C=O) groups excluding carboxylic acids is 1. The summed E-state index contributed by atoms with van der Waals surface area (Å²) >= 11 is 0. The van der Waals surface area contributed by atoms with Crippen molar-refractivity contribution in [2.45, 2.75) is 25.8 Å². The van der Waals surface area contributed by atoms with Crippen molar-refractivity contribution in [1.29, 1.82) is 0 Å². The van der Waals surface area contributed by atoms with E-state index in [-0.39, 0.29) is 5.91 Å². The van der Waals surface area contributed by atoms with E-state index in [1.54, 1.807) is 17.1 Å². The monoisotopic (exact) mass is 265 g/mol. The molecule has 2 N–H and O–H groups in total. The van der Waals surface area contributed by atoms with Crippen molar-refractivity contribution in [2.24, 2.45) is 11.7 Å². The minimum Gasteiger partial charge on any atom is -0.334 e. The first-order valence-corrected chi connectivity index (χ1v) is 7.06. The normalized spacial score (nSPS) is 23.9. The molecule has 0 aromatic carbocycles. The van der Waals surface area contributed by atoms with Gasteiger partial charge in [-0.15, -0.1) is 13.2 Å². The summed E-state index contributed by atoms with van der Waals surface area (Å²) in [5.74, 6) is 0.838. The zero-order valence-corrected chi connectivity index (χ0v) is 12.1. The highest BCUT2D eigenvalue weighted by Gasteiger charge is 2.27. The molecule has 1 fully saturated rings. The van der Waals surface area contributed by atoms with Crippen LogP contribution in [0.4, 0.5) is 0 Å². The number of hydrogen-bond acceptors (Lipinski definition) is 3. The summed E-state index contributed by atoms with van der Waals surface area (Å²) in [7, 11) is 0. The van der Waals surface area contributed by atoms with Gasteiger partial charge in [-0.25, -0.2) is 0 Å². The summed E-state index contributed by atoms with van der Waals surface area (Å²) in [4.78, 5) is 16.3. The summed E-state index contributed by atoms with van der Waals surface area (Å²) < 4.78 is 0. The Kier molecular flexibility index (Phi) is 6.81. The SMILES string of the molecule is C=CCN(CC=C)C(=O)CN1CCC(C)CC1CN. The first-order chi connectivity index (χ1) is 9.12. The smallest absolute Gasteiger partial charge is 0.237 e. The van der Waals surface area contributed by atoms with E-state index in [1.165, 1.54) is 0 Å². The third kappa shape index (κ3) is 4.80. The van der Waals surface area contributed by atoms with E-state index >= 15 is 0 Å². The second kappa shape index (κ2) is 8.12. The summed E-state index contributed by atoms with van der Waals surface area (Å²) in [5.41, 5.74) is 5.83. The molecule has 2 unspecified atom stereocenters. The van der Waals surface area contributed by atoms with Crippen LogP contribution in [0.3, 0.4) is 0 Å². The molecule has 1 heterocycles. The number of nitrogens with zero attached hydrogens (tertiary/aromatic N) is 2. The minimum atomic E-state index is 0.132. The van der Waals surface area contributed by atoms with Gasteiger partial charge in [0.05, 0.1) is 6.54 Å².